The third-order valence-electron chi connectivity index (χ3n) is 8.21. The second kappa shape index (κ2) is 13.8. The molecule has 3 atom stereocenters. The highest BCUT2D eigenvalue weighted by molar-refractivity contribution is 7.87. The van der Waals surface area contributed by atoms with Crippen molar-refractivity contribution in [3.8, 4) is 23.0 Å². The van der Waals surface area contributed by atoms with Crippen LogP contribution >= 0.6 is 0 Å². The number of anilines is 1. The summed E-state index contributed by atoms with van der Waals surface area (Å²) in [5.41, 5.74) is 7.76. The average molecular weight is 694 g/mol. The third-order valence-corrected chi connectivity index (χ3v) is 9.34. The van der Waals surface area contributed by atoms with Crippen LogP contribution in [0.3, 0.4) is 0 Å². The summed E-state index contributed by atoms with van der Waals surface area (Å²) in [6.07, 6.45) is -3.61. The number of nitrogens with two attached hydrogens (primary N) is 1. The number of piperidine rings is 1. The standard InChI is InChI=1S/C32H35F3N4O8S/c1-39(17-22-6-13-28-29(16-22)46-20-45-28)14-2-3-24(18-39)38(27(30(36)41)15-21-4-9-25(40)10-5-21)31(42)37-23-7-11-26(12-8-23)47-48(43,44)19-32(33,34)35/h4-13,16,24,27H,2-3,14-15,17-20H2,1H3,(H3-,36,37,40,41,42)/p+1/t24-,27-,39?/m0/s1. The van der Waals surface area contributed by atoms with E-state index in [0.29, 0.717) is 41.1 Å². The lowest BCUT2D eigenvalue weighted by molar-refractivity contribution is -0.928. The van der Waals surface area contributed by atoms with Crippen molar-refractivity contribution in [3.05, 3.63) is 77.9 Å². The fourth-order valence-electron chi connectivity index (χ4n) is 6.16. The van der Waals surface area contributed by atoms with E-state index >= 15 is 0 Å². The molecule has 1 unspecified atom stereocenters. The van der Waals surface area contributed by atoms with Crippen molar-refractivity contribution in [2.24, 2.45) is 5.73 Å². The van der Waals surface area contributed by atoms with Gasteiger partial charge in [0.25, 0.3) is 0 Å². The maximum absolute atomic E-state index is 14.0. The van der Waals surface area contributed by atoms with Gasteiger partial charge in [-0.25, -0.2) is 4.79 Å². The predicted octanol–water partition coefficient (Wildman–Crippen LogP) is 4.13. The minimum Gasteiger partial charge on any atom is -0.508 e. The number of nitrogens with one attached hydrogen (secondary N) is 1. The summed E-state index contributed by atoms with van der Waals surface area (Å²) in [5.74, 6) is -1.91. The second-order valence-corrected chi connectivity index (χ2v) is 13.8. The summed E-state index contributed by atoms with van der Waals surface area (Å²) in [5, 5.41) is 12.5. The van der Waals surface area contributed by atoms with Crippen molar-refractivity contribution in [1.82, 2.24) is 4.90 Å². The molecule has 16 heteroatoms. The summed E-state index contributed by atoms with van der Waals surface area (Å²) in [6.45, 7) is 2.05. The van der Waals surface area contributed by atoms with Crippen molar-refractivity contribution in [1.29, 1.82) is 0 Å². The van der Waals surface area contributed by atoms with Gasteiger partial charge in [0, 0.05) is 17.7 Å². The Bertz CT molecular complexity index is 1740. The zero-order valence-corrected chi connectivity index (χ0v) is 26.8. The molecule has 2 aliphatic heterocycles. The SMILES string of the molecule is C[N+]1(Cc2ccc3c(c2)OCO3)CCC[C@H](N(C(=O)Nc2ccc(OS(=O)(=O)CC(F)(F)F)cc2)[C@@H](Cc2ccc(O)cc2)C(N)=O)C1. The van der Waals surface area contributed by atoms with Gasteiger partial charge in [-0.15, -0.1) is 0 Å². The number of alkyl halides is 3. The number of hydrogen-bond donors (Lipinski definition) is 3. The minimum absolute atomic E-state index is 0.0338. The number of likely N-dealkylation sites (tertiary alicyclic amines) is 1. The second-order valence-electron chi connectivity index (χ2n) is 12.2. The Balaban J connectivity index is 1.38. The van der Waals surface area contributed by atoms with E-state index < -0.39 is 46.1 Å². The van der Waals surface area contributed by atoms with Gasteiger partial charge in [-0.3, -0.25) is 4.79 Å². The normalized spacial score (nSPS) is 19.7. The Hall–Kier alpha value is -4.70. The molecule has 5 rings (SSSR count). The van der Waals surface area contributed by atoms with E-state index in [1.54, 1.807) is 12.1 Å². The van der Waals surface area contributed by atoms with E-state index in [0.717, 1.165) is 30.7 Å². The predicted molar refractivity (Wildman–Crippen MR) is 168 cm³/mol. The molecule has 48 heavy (non-hydrogen) atoms. The quantitative estimate of drug-likeness (QED) is 0.200. The third kappa shape index (κ3) is 9.01. The number of rotatable bonds is 11. The first kappa shape index (κ1) is 34.6. The minimum atomic E-state index is -4.98. The van der Waals surface area contributed by atoms with Crippen LogP contribution in [0, 0.1) is 0 Å². The van der Waals surface area contributed by atoms with Gasteiger partial charge in [0.2, 0.25) is 12.7 Å². The van der Waals surface area contributed by atoms with Gasteiger partial charge in [-0.1, -0.05) is 12.1 Å². The maximum atomic E-state index is 14.0. The Morgan fingerprint density at radius 2 is 1.73 bits per heavy atom. The molecule has 0 aromatic heterocycles. The molecule has 1 saturated heterocycles. The molecular formula is C32H36F3N4O8S+. The lowest BCUT2D eigenvalue weighted by Crippen LogP contribution is -2.62. The Labute approximate surface area is 275 Å². The molecule has 258 valence electrons. The smallest absolute Gasteiger partial charge is 0.406 e. The average Bonchev–Trinajstić information content (AvgIpc) is 3.45. The number of urea groups is 1. The van der Waals surface area contributed by atoms with E-state index in [2.05, 4.69) is 16.5 Å². The van der Waals surface area contributed by atoms with E-state index in [4.69, 9.17) is 15.2 Å². The van der Waals surface area contributed by atoms with Gasteiger partial charge in [0.15, 0.2) is 17.3 Å². The molecular weight excluding hydrogens is 657 g/mol. The highest BCUT2D eigenvalue weighted by atomic mass is 32.2. The zero-order chi connectivity index (χ0) is 34.7. The summed E-state index contributed by atoms with van der Waals surface area (Å²) in [7, 11) is -2.88. The number of ether oxygens (including phenoxy) is 2. The number of carbonyl (C=O) groups is 2. The van der Waals surface area contributed by atoms with Crippen LogP contribution in [0.4, 0.5) is 23.7 Å². The fraction of sp³-hybridized carbons (Fsp3) is 0.375. The molecule has 0 saturated carbocycles. The van der Waals surface area contributed by atoms with Crippen molar-refractivity contribution in [2.45, 2.75) is 44.1 Å². The fourth-order valence-corrected chi connectivity index (χ4v) is 7.03. The van der Waals surface area contributed by atoms with Crippen LogP contribution in [0.1, 0.15) is 24.0 Å². The van der Waals surface area contributed by atoms with Crippen molar-refractivity contribution >= 4 is 27.7 Å². The number of amides is 3. The molecule has 3 amide bonds. The van der Waals surface area contributed by atoms with Crippen molar-refractivity contribution < 1.29 is 54.4 Å². The number of phenols is 1. The first-order chi connectivity index (χ1) is 22.6. The van der Waals surface area contributed by atoms with E-state index in [1.807, 2.05) is 18.2 Å². The van der Waals surface area contributed by atoms with E-state index in [-0.39, 0.29) is 30.4 Å². The van der Waals surface area contributed by atoms with Gasteiger partial charge in [0.05, 0.1) is 26.2 Å². The molecule has 0 radical (unpaired) electrons. The monoisotopic (exact) mass is 693 g/mol. The first-order valence-electron chi connectivity index (χ1n) is 15.1. The van der Waals surface area contributed by atoms with Crippen LogP contribution in [0.15, 0.2) is 66.7 Å². The number of nitrogens with zero attached hydrogens (tertiary/aromatic N) is 2. The van der Waals surface area contributed by atoms with Gasteiger partial charge < -0.3 is 39.2 Å². The van der Waals surface area contributed by atoms with E-state index in [9.17, 15) is 36.3 Å². The number of carbonyl (C=O) groups excluding carboxylic acids is 2. The van der Waals surface area contributed by atoms with Crippen LogP contribution in [0.2, 0.25) is 0 Å². The topological polar surface area (TPSA) is 157 Å². The summed E-state index contributed by atoms with van der Waals surface area (Å²) >= 11 is 0. The van der Waals surface area contributed by atoms with Gasteiger partial charge in [0.1, 0.15) is 24.1 Å². The van der Waals surface area contributed by atoms with Crippen LogP contribution in [0.25, 0.3) is 0 Å². The Kier molecular flexibility index (Phi) is 9.96. The van der Waals surface area contributed by atoms with Crippen LogP contribution in [0.5, 0.6) is 23.0 Å². The molecule has 3 aromatic carbocycles. The largest absolute Gasteiger partial charge is 0.508 e. The molecule has 2 heterocycles. The Morgan fingerprint density at radius 1 is 1.06 bits per heavy atom. The number of hydrogen-bond acceptors (Lipinski definition) is 8. The number of primary amides is 1. The van der Waals surface area contributed by atoms with Crippen LogP contribution < -0.4 is 24.7 Å². The molecule has 4 N–H and O–H groups in total. The van der Waals surface area contributed by atoms with Gasteiger partial charge in [-0.2, -0.15) is 21.6 Å². The molecule has 1 fully saturated rings. The zero-order valence-electron chi connectivity index (χ0n) is 26.0. The first-order valence-corrected chi connectivity index (χ1v) is 16.6. The van der Waals surface area contributed by atoms with Crippen LogP contribution in [-0.4, -0.2) is 85.8 Å². The molecule has 0 aliphatic carbocycles. The van der Waals surface area contributed by atoms with E-state index in [1.165, 1.54) is 29.2 Å². The molecule has 3 aromatic rings. The summed E-state index contributed by atoms with van der Waals surface area (Å²) in [4.78, 5) is 28.5. The number of likely N-dealkylation sites (N-methyl/N-ethyl adjacent to an activating group) is 1. The van der Waals surface area contributed by atoms with Gasteiger partial charge in [-0.05, 0) is 73.0 Å². The highest BCUT2D eigenvalue weighted by Crippen LogP contribution is 2.34. The number of halogens is 3. The molecule has 0 spiro atoms. The van der Waals surface area contributed by atoms with Crippen molar-refractivity contribution in [2.75, 3.05) is 38.0 Å². The highest BCUT2D eigenvalue weighted by Gasteiger charge is 2.42. The number of benzene rings is 3. The number of quaternary nitrogens is 1. The maximum Gasteiger partial charge on any atom is 0.406 e. The van der Waals surface area contributed by atoms with Crippen molar-refractivity contribution in [3.63, 3.8) is 0 Å². The molecule has 12 nitrogen and oxygen atoms in total. The Morgan fingerprint density at radius 3 is 2.40 bits per heavy atom. The van der Waals surface area contributed by atoms with Gasteiger partial charge >= 0.3 is 22.3 Å². The van der Waals surface area contributed by atoms with Crippen LogP contribution in [-0.2, 0) is 27.9 Å². The number of phenolic OH excluding ortho intramolecular Hbond substituents is 1. The number of fused-ring (bicyclic) bond motifs is 1. The lowest BCUT2D eigenvalue weighted by Gasteiger charge is -2.46. The lowest BCUT2D eigenvalue weighted by atomic mass is 9.96. The summed E-state index contributed by atoms with van der Waals surface area (Å²) in [6, 6.07) is 14.5. The molecule has 0 bridgehead atoms. The summed E-state index contributed by atoms with van der Waals surface area (Å²) < 4.78 is 77.4. The molecule has 2 aliphatic rings. The number of aromatic hydroxyl groups is 1.